The van der Waals surface area contributed by atoms with E-state index in [0.717, 1.165) is 29.6 Å². The van der Waals surface area contributed by atoms with Crippen LogP contribution in [0.15, 0.2) is 35.6 Å². The minimum Gasteiger partial charge on any atom is -0.496 e. The molecule has 0 aliphatic rings. The third-order valence-corrected chi connectivity index (χ3v) is 4.11. The Hall–Kier alpha value is -2.61. The van der Waals surface area contributed by atoms with Crippen molar-refractivity contribution in [3.05, 3.63) is 42.0 Å². The molecular weight excluding hydrogens is 330 g/mol. The van der Waals surface area contributed by atoms with Crippen LogP contribution in [0.4, 0.5) is 0 Å². The number of aryl methyl sites for hydroxylation is 1. The van der Waals surface area contributed by atoms with Crippen molar-refractivity contribution in [2.24, 2.45) is 12.0 Å². The van der Waals surface area contributed by atoms with Crippen molar-refractivity contribution in [2.75, 3.05) is 34.3 Å². The predicted octanol–water partition coefficient (Wildman–Crippen LogP) is 1.18. The molecule has 0 amide bonds. The first-order chi connectivity index (χ1) is 12.6. The second kappa shape index (κ2) is 9.76. The summed E-state index contributed by atoms with van der Waals surface area (Å²) in [6.45, 7) is 3.99. The molecule has 2 rings (SSSR count). The van der Waals surface area contributed by atoms with E-state index in [0.29, 0.717) is 13.1 Å². The molecule has 0 bridgehead atoms. The zero-order chi connectivity index (χ0) is 18.9. The van der Waals surface area contributed by atoms with Crippen LogP contribution in [0.3, 0.4) is 0 Å². The van der Waals surface area contributed by atoms with Gasteiger partial charge in [0, 0.05) is 25.7 Å². The Morgan fingerprint density at radius 2 is 2.08 bits per heavy atom. The number of methoxy groups -OCH3 is 1. The molecule has 1 aromatic carbocycles. The van der Waals surface area contributed by atoms with E-state index < -0.39 is 0 Å². The summed E-state index contributed by atoms with van der Waals surface area (Å²) in [5.74, 6) is 2.45. The molecule has 1 atom stereocenters. The highest BCUT2D eigenvalue weighted by Gasteiger charge is 2.18. The molecule has 1 aromatic heterocycles. The fourth-order valence-corrected chi connectivity index (χ4v) is 2.66. The van der Waals surface area contributed by atoms with Crippen LogP contribution in [-0.2, 0) is 13.6 Å². The SMILES string of the molecule is CCNC(=NCc1ncnn1C)NCC(c1ccccc1OC)N(C)C. The van der Waals surface area contributed by atoms with Gasteiger partial charge in [0.05, 0.1) is 13.2 Å². The first kappa shape index (κ1) is 19.7. The number of guanidine groups is 1. The van der Waals surface area contributed by atoms with Gasteiger partial charge in [-0.3, -0.25) is 4.68 Å². The number of rotatable bonds is 8. The van der Waals surface area contributed by atoms with Crippen molar-refractivity contribution in [3.8, 4) is 5.75 Å². The third-order valence-electron chi connectivity index (χ3n) is 4.11. The second-order valence-electron chi connectivity index (χ2n) is 6.10. The molecule has 26 heavy (non-hydrogen) atoms. The van der Waals surface area contributed by atoms with Gasteiger partial charge < -0.3 is 20.3 Å². The van der Waals surface area contributed by atoms with E-state index in [1.54, 1.807) is 11.8 Å². The zero-order valence-electron chi connectivity index (χ0n) is 16.2. The van der Waals surface area contributed by atoms with Crippen molar-refractivity contribution in [2.45, 2.75) is 19.5 Å². The molecule has 2 N–H and O–H groups in total. The van der Waals surface area contributed by atoms with E-state index in [-0.39, 0.29) is 6.04 Å². The van der Waals surface area contributed by atoms with Gasteiger partial charge in [-0.15, -0.1) is 0 Å². The second-order valence-corrected chi connectivity index (χ2v) is 6.10. The Labute approximate surface area is 155 Å². The molecule has 8 heteroatoms. The summed E-state index contributed by atoms with van der Waals surface area (Å²) >= 11 is 0. The summed E-state index contributed by atoms with van der Waals surface area (Å²) in [4.78, 5) is 11.0. The van der Waals surface area contributed by atoms with Crippen LogP contribution in [-0.4, -0.2) is 59.9 Å². The van der Waals surface area contributed by atoms with Crippen LogP contribution in [0.1, 0.15) is 24.4 Å². The van der Waals surface area contributed by atoms with Crippen LogP contribution < -0.4 is 15.4 Å². The van der Waals surface area contributed by atoms with Crippen LogP contribution >= 0.6 is 0 Å². The molecule has 1 unspecified atom stereocenters. The number of aliphatic imine (C=N–C) groups is 1. The van der Waals surface area contributed by atoms with E-state index in [1.807, 2.05) is 32.2 Å². The predicted molar refractivity (Wildman–Crippen MR) is 103 cm³/mol. The highest BCUT2D eigenvalue weighted by molar-refractivity contribution is 5.79. The van der Waals surface area contributed by atoms with Gasteiger partial charge in [-0.1, -0.05) is 18.2 Å². The minimum absolute atomic E-state index is 0.143. The number of likely N-dealkylation sites (N-methyl/N-ethyl adjacent to an activating group) is 1. The van der Waals surface area contributed by atoms with E-state index in [2.05, 4.69) is 50.8 Å². The van der Waals surface area contributed by atoms with Crippen molar-refractivity contribution >= 4 is 5.96 Å². The maximum atomic E-state index is 5.52. The summed E-state index contributed by atoms with van der Waals surface area (Å²) in [5, 5.41) is 10.8. The van der Waals surface area contributed by atoms with Gasteiger partial charge >= 0.3 is 0 Å². The van der Waals surface area contributed by atoms with Gasteiger partial charge in [0.15, 0.2) is 5.96 Å². The van der Waals surface area contributed by atoms with Crippen molar-refractivity contribution < 1.29 is 4.74 Å². The molecule has 0 saturated carbocycles. The molecule has 8 nitrogen and oxygen atoms in total. The third kappa shape index (κ3) is 5.19. The number of para-hydroxylation sites is 1. The Balaban J connectivity index is 2.10. The first-order valence-electron chi connectivity index (χ1n) is 8.71. The molecule has 142 valence electrons. The fourth-order valence-electron chi connectivity index (χ4n) is 2.66. The monoisotopic (exact) mass is 359 g/mol. The van der Waals surface area contributed by atoms with Gasteiger partial charge in [-0.05, 0) is 27.1 Å². The topological polar surface area (TPSA) is 79.6 Å². The minimum atomic E-state index is 0.143. The summed E-state index contributed by atoms with van der Waals surface area (Å²) in [5.41, 5.74) is 1.14. The quantitative estimate of drug-likeness (QED) is 0.544. The molecule has 2 aromatic rings. The first-order valence-corrected chi connectivity index (χ1v) is 8.71. The maximum absolute atomic E-state index is 5.52. The fraction of sp³-hybridized carbons (Fsp3) is 0.500. The molecule has 0 aliphatic carbocycles. The van der Waals surface area contributed by atoms with Crippen molar-refractivity contribution in [1.29, 1.82) is 0 Å². The number of ether oxygens (including phenoxy) is 1. The molecule has 0 saturated heterocycles. The average molecular weight is 359 g/mol. The van der Waals surface area contributed by atoms with Crippen molar-refractivity contribution in [1.82, 2.24) is 30.3 Å². The molecule has 0 radical (unpaired) electrons. The molecule has 0 aliphatic heterocycles. The number of nitrogens with zero attached hydrogens (tertiary/aromatic N) is 5. The van der Waals surface area contributed by atoms with Gasteiger partial charge in [0.2, 0.25) is 0 Å². The average Bonchev–Trinajstić information content (AvgIpc) is 3.04. The van der Waals surface area contributed by atoms with Gasteiger partial charge in [0.1, 0.15) is 24.4 Å². The Morgan fingerprint density at radius 3 is 2.69 bits per heavy atom. The largest absolute Gasteiger partial charge is 0.496 e. The van der Waals surface area contributed by atoms with E-state index in [9.17, 15) is 0 Å². The van der Waals surface area contributed by atoms with E-state index in [1.165, 1.54) is 6.33 Å². The molecular formula is C18H29N7O. The lowest BCUT2D eigenvalue weighted by atomic mass is 10.0. The maximum Gasteiger partial charge on any atom is 0.191 e. The number of hydrogen-bond acceptors (Lipinski definition) is 5. The van der Waals surface area contributed by atoms with Crippen molar-refractivity contribution in [3.63, 3.8) is 0 Å². The van der Waals surface area contributed by atoms with Crippen LogP contribution in [0, 0.1) is 0 Å². The Morgan fingerprint density at radius 1 is 1.31 bits per heavy atom. The normalized spacial score (nSPS) is 12.9. The lowest BCUT2D eigenvalue weighted by molar-refractivity contribution is 0.287. The van der Waals surface area contributed by atoms with Gasteiger partial charge in [-0.25, -0.2) is 9.98 Å². The standard InChI is InChI=1S/C18H29N7O/c1-6-19-18(21-12-17-22-13-23-25(17)4)20-11-15(24(2)3)14-9-7-8-10-16(14)26-5/h7-10,13,15H,6,11-12H2,1-5H3,(H2,19,20,21). The van der Waals surface area contributed by atoms with Gasteiger partial charge in [0.25, 0.3) is 0 Å². The van der Waals surface area contributed by atoms with Gasteiger partial charge in [-0.2, -0.15) is 5.10 Å². The Bertz CT molecular complexity index is 711. The highest BCUT2D eigenvalue weighted by atomic mass is 16.5. The van der Waals surface area contributed by atoms with Crippen LogP contribution in [0.25, 0.3) is 0 Å². The zero-order valence-corrected chi connectivity index (χ0v) is 16.2. The summed E-state index contributed by atoms with van der Waals surface area (Å²) < 4.78 is 7.25. The molecule has 0 spiro atoms. The highest BCUT2D eigenvalue weighted by Crippen LogP contribution is 2.27. The molecule has 0 fully saturated rings. The van der Waals surface area contributed by atoms with Crippen LogP contribution in [0.2, 0.25) is 0 Å². The summed E-state index contributed by atoms with van der Waals surface area (Å²) in [6.07, 6.45) is 1.54. The summed E-state index contributed by atoms with van der Waals surface area (Å²) in [6, 6.07) is 8.23. The lowest BCUT2D eigenvalue weighted by Crippen LogP contribution is -2.41. The number of hydrogen-bond donors (Lipinski definition) is 2. The lowest BCUT2D eigenvalue weighted by Gasteiger charge is -2.27. The van der Waals surface area contributed by atoms with E-state index >= 15 is 0 Å². The molecule has 1 heterocycles. The van der Waals surface area contributed by atoms with E-state index in [4.69, 9.17) is 4.74 Å². The number of aromatic nitrogens is 3. The Kier molecular flexibility index (Phi) is 7.40. The number of benzene rings is 1. The summed E-state index contributed by atoms with van der Waals surface area (Å²) in [7, 11) is 7.68. The number of nitrogens with one attached hydrogen (secondary N) is 2. The van der Waals surface area contributed by atoms with Crippen LogP contribution in [0.5, 0.6) is 5.75 Å². The smallest absolute Gasteiger partial charge is 0.191 e.